The molecule has 2 rings (SSSR count). The maximum Gasteiger partial charge on any atom is 0.122 e. The summed E-state index contributed by atoms with van der Waals surface area (Å²) in [6.07, 6.45) is 0. The van der Waals surface area contributed by atoms with Gasteiger partial charge in [-0.05, 0) is 55.0 Å². The summed E-state index contributed by atoms with van der Waals surface area (Å²) in [6, 6.07) is 2.69. The second-order valence-electron chi connectivity index (χ2n) is 4.92. The normalized spacial score (nSPS) is 24.1. The monoisotopic (exact) mass is 219 g/mol. The summed E-state index contributed by atoms with van der Waals surface area (Å²) in [6.45, 7) is 9.96. The molecule has 88 valence electrons. The van der Waals surface area contributed by atoms with Gasteiger partial charge in [-0.25, -0.2) is 0 Å². The summed E-state index contributed by atoms with van der Waals surface area (Å²) >= 11 is 0. The zero-order valence-corrected chi connectivity index (χ0v) is 10.8. The highest BCUT2D eigenvalue weighted by atomic mass is 16.5. The van der Waals surface area contributed by atoms with Crippen molar-refractivity contribution in [3.05, 3.63) is 28.3 Å². The summed E-state index contributed by atoms with van der Waals surface area (Å²) in [4.78, 5) is 0. The minimum Gasteiger partial charge on any atom is -0.496 e. The Labute approximate surface area is 98.0 Å². The van der Waals surface area contributed by atoms with Crippen LogP contribution in [0, 0.1) is 26.7 Å². The first-order chi connectivity index (χ1) is 7.56. The van der Waals surface area contributed by atoms with Gasteiger partial charge in [0.15, 0.2) is 0 Å². The Morgan fingerprint density at radius 2 is 1.94 bits per heavy atom. The minimum absolute atomic E-state index is 0.532. The fraction of sp³-hybridized carbons (Fsp3) is 0.571. The Morgan fingerprint density at radius 1 is 1.25 bits per heavy atom. The smallest absolute Gasteiger partial charge is 0.122 e. The molecule has 1 aliphatic heterocycles. The lowest BCUT2D eigenvalue weighted by Gasteiger charge is -2.38. The molecule has 1 aromatic rings. The van der Waals surface area contributed by atoms with Gasteiger partial charge in [-0.15, -0.1) is 0 Å². The number of methoxy groups -OCH3 is 1. The molecule has 0 aromatic heterocycles. The van der Waals surface area contributed by atoms with Crippen molar-refractivity contribution in [1.29, 1.82) is 0 Å². The standard InChI is InChI=1S/C14H21NO/c1-8-6-12(16-5)10(3)11(4)13(8)14-9(2)7-15-14/h6,9,14-15H,7H2,1-5H3. The fourth-order valence-electron chi connectivity index (χ4n) is 2.61. The van der Waals surface area contributed by atoms with Crippen molar-refractivity contribution in [2.75, 3.05) is 13.7 Å². The molecule has 0 saturated carbocycles. The highest BCUT2D eigenvalue weighted by Gasteiger charge is 2.30. The third-order valence-corrected chi connectivity index (χ3v) is 3.87. The van der Waals surface area contributed by atoms with Crippen LogP contribution in [-0.2, 0) is 0 Å². The minimum atomic E-state index is 0.532. The number of aryl methyl sites for hydroxylation is 1. The summed E-state index contributed by atoms with van der Waals surface area (Å²) in [5.74, 6) is 1.75. The molecule has 1 heterocycles. The highest BCUT2D eigenvalue weighted by molar-refractivity contribution is 5.50. The predicted molar refractivity (Wildman–Crippen MR) is 67.1 cm³/mol. The number of hydrogen-bond acceptors (Lipinski definition) is 2. The van der Waals surface area contributed by atoms with E-state index in [2.05, 4.69) is 39.1 Å². The predicted octanol–water partition coefficient (Wildman–Crippen LogP) is 2.90. The second kappa shape index (κ2) is 4.10. The molecule has 2 unspecified atom stereocenters. The molecule has 1 aliphatic rings. The zero-order valence-electron chi connectivity index (χ0n) is 10.8. The number of rotatable bonds is 2. The fourth-order valence-corrected chi connectivity index (χ4v) is 2.61. The van der Waals surface area contributed by atoms with Gasteiger partial charge >= 0.3 is 0 Å². The van der Waals surface area contributed by atoms with Crippen LogP contribution < -0.4 is 10.1 Å². The Bertz CT molecular complexity index is 412. The number of ether oxygens (including phenoxy) is 1. The maximum absolute atomic E-state index is 5.40. The molecule has 1 aromatic carbocycles. The topological polar surface area (TPSA) is 21.3 Å². The Hall–Kier alpha value is -1.02. The van der Waals surface area contributed by atoms with E-state index in [4.69, 9.17) is 4.74 Å². The van der Waals surface area contributed by atoms with Crippen molar-refractivity contribution in [2.24, 2.45) is 5.92 Å². The third kappa shape index (κ3) is 1.61. The molecule has 2 atom stereocenters. The van der Waals surface area contributed by atoms with Crippen molar-refractivity contribution in [3.8, 4) is 5.75 Å². The lowest BCUT2D eigenvalue weighted by Crippen LogP contribution is -2.44. The quantitative estimate of drug-likeness (QED) is 0.825. The van der Waals surface area contributed by atoms with E-state index in [9.17, 15) is 0 Å². The van der Waals surface area contributed by atoms with Crippen LogP contribution in [0.4, 0.5) is 0 Å². The number of nitrogens with one attached hydrogen (secondary N) is 1. The van der Waals surface area contributed by atoms with Crippen LogP contribution in [0.1, 0.15) is 35.2 Å². The molecular weight excluding hydrogens is 198 g/mol. The first-order valence-electron chi connectivity index (χ1n) is 5.94. The molecule has 2 nitrogen and oxygen atoms in total. The van der Waals surface area contributed by atoms with E-state index in [0.29, 0.717) is 6.04 Å². The van der Waals surface area contributed by atoms with Gasteiger partial charge in [0.25, 0.3) is 0 Å². The SMILES string of the molecule is COc1cc(C)c(C2NCC2C)c(C)c1C. The molecule has 1 saturated heterocycles. The lowest BCUT2D eigenvalue weighted by atomic mass is 9.82. The van der Waals surface area contributed by atoms with Gasteiger partial charge in [0.1, 0.15) is 5.75 Å². The summed E-state index contributed by atoms with van der Waals surface area (Å²) in [5, 5.41) is 3.52. The van der Waals surface area contributed by atoms with Crippen LogP contribution in [0.15, 0.2) is 6.07 Å². The van der Waals surface area contributed by atoms with Gasteiger partial charge in [-0.1, -0.05) is 6.92 Å². The molecule has 0 bridgehead atoms. The van der Waals surface area contributed by atoms with Gasteiger partial charge in [0, 0.05) is 12.6 Å². The van der Waals surface area contributed by atoms with E-state index in [1.807, 2.05) is 0 Å². The molecule has 0 amide bonds. The maximum atomic E-state index is 5.40. The van der Waals surface area contributed by atoms with Crippen LogP contribution in [0.3, 0.4) is 0 Å². The second-order valence-corrected chi connectivity index (χ2v) is 4.92. The average Bonchev–Trinajstić information content (AvgIpc) is 2.26. The molecule has 0 aliphatic carbocycles. The van der Waals surface area contributed by atoms with Crippen molar-refractivity contribution < 1.29 is 4.74 Å². The van der Waals surface area contributed by atoms with Gasteiger partial charge < -0.3 is 10.1 Å². The van der Waals surface area contributed by atoms with Crippen LogP contribution >= 0.6 is 0 Å². The Kier molecular flexibility index (Phi) is 2.94. The van der Waals surface area contributed by atoms with Crippen LogP contribution in [0.25, 0.3) is 0 Å². The van der Waals surface area contributed by atoms with Gasteiger partial charge in [-0.3, -0.25) is 0 Å². The van der Waals surface area contributed by atoms with E-state index in [1.54, 1.807) is 7.11 Å². The number of hydrogen-bond donors (Lipinski definition) is 1. The molecular formula is C14H21NO. The molecule has 2 heteroatoms. The van der Waals surface area contributed by atoms with Gasteiger partial charge in [-0.2, -0.15) is 0 Å². The summed E-state index contributed by atoms with van der Waals surface area (Å²) in [5.41, 5.74) is 5.45. The van der Waals surface area contributed by atoms with Crippen molar-refractivity contribution in [1.82, 2.24) is 5.32 Å². The van der Waals surface area contributed by atoms with Gasteiger partial charge in [0.2, 0.25) is 0 Å². The van der Waals surface area contributed by atoms with Crippen LogP contribution in [0.5, 0.6) is 5.75 Å². The summed E-state index contributed by atoms with van der Waals surface area (Å²) < 4.78 is 5.40. The first kappa shape index (κ1) is 11.5. The Balaban J connectivity index is 2.49. The zero-order chi connectivity index (χ0) is 11.9. The van der Waals surface area contributed by atoms with Crippen LogP contribution in [0.2, 0.25) is 0 Å². The van der Waals surface area contributed by atoms with Crippen LogP contribution in [-0.4, -0.2) is 13.7 Å². The average molecular weight is 219 g/mol. The molecule has 16 heavy (non-hydrogen) atoms. The summed E-state index contributed by atoms with van der Waals surface area (Å²) in [7, 11) is 1.74. The van der Waals surface area contributed by atoms with E-state index < -0.39 is 0 Å². The molecule has 0 spiro atoms. The van der Waals surface area contributed by atoms with E-state index >= 15 is 0 Å². The molecule has 0 radical (unpaired) electrons. The molecule has 1 N–H and O–H groups in total. The van der Waals surface area contributed by atoms with Crippen molar-refractivity contribution >= 4 is 0 Å². The lowest BCUT2D eigenvalue weighted by molar-refractivity contribution is 0.256. The number of benzene rings is 1. The van der Waals surface area contributed by atoms with Gasteiger partial charge in [0.05, 0.1) is 7.11 Å². The van der Waals surface area contributed by atoms with Crippen molar-refractivity contribution in [3.63, 3.8) is 0 Å². The van der Waals surface area contributed by atoms with E-state index in [1.165, 1.54) is 22.3 Å². The molecule has 1 fully saturated rings. The first-order valence-corrected chi connectivity index (χ1v) is 5.94. The van der Waals surface area contributed by atoms with E-state index in [0.717, 1.165) is 18.2 Å². The largest absolute Gasteiger partial charge is 0.496 e. The highest BCUT2D eigenvalue weighted by Crippen LogP contribution is 2.37. The van der Waals surface area contributed by atoms with E-state index in [-0.39, 0.29) is 0 Å². The third-order valence-electron chi connectivity index (χ3n) is 3.87. The van der Waals surface area contributed by atoms with Crippen molar-refractivity contribution in [2.45, 2.75) is 33.7 Å². The Morgan fingerprint density at radius 3 is 2.38 bits per heavy atom.